The Bertz CT molecular complexity index is 1020. The molecule has 2 aromatic heterocycles. The monoisotopic (exact) mass is 346 g/mol. The zero-order valence-electron chi connectivity index (χ0n) is 13.4. The second-order valence-electron chi connectivity index (χ2n) is 5.51. The third-order valence-electron chi connectivity index (χ3n) is 3.85. The first-order chi connectivity index (χ1) is 11.4. The van der Waals surface area contributed by atoms with Gasteiger partial charge in [0.2, 0.25) is 10.0 Å². The third kappa shape index (κ3) is 2.98. The van der Waals surface area contributed by atoms with Gasteiger partial charge in [-0.15, -0.1) is 0 Å². The van der Waals surface area contributed by atoms with Crippen LogP contribution in [0.4, 0.5) is 0 Å². The number of aryl methyl sites for hydroxylation is 1. The highest BCUT2D eigenvalue weighted by molar-refractivity contribution is 7.89. The number of sulfonamides is 1. The van der Waals surface area contributed by atoms with E-state index in [2.05, 4.69) is 14.9 Å². The van der Waals surface area contributed by atoms with Gasteiger partial charge in [0.05, 0.1) is 0 Å². The highest BCUT2D eigenvalue weighted by Gasteiger charge is 2.21. The molecule has 0 aliphatic heterocycles. The van der Waals surface area contributed by atoms with Crippen molar-refractivity contribution in [2.75, 3.05) is 0 Å². The predicted octanol–water partition coefficient (Wildman–Crippen LogP) is 1.62. The van der Waals surface area contributed by atoms with E-state index in [0.717, 1.165) is 5.56 Å². The van der Waals surface area contributed by atoms with E-state index in [1.165, 1.54) is 16.7 Å². The molecule has 3 rings (SSSR count). The lowest BCUT2D eigenvalue weighted by molar-refractivity contribution is 0.567. The number of rotatable bonds is 5. The standard InChI is InChI=1S/C16H18N4O3S/c1-3-15-17-18-16(21)14-9-13(10-20(14)15)24(22,23)19-11(2)12-7-5-4-6-8-12/h4-11,19H,3H2,1-2H3,(H,18,21)/t11-/m0/s1. The first-order valence-corrected chi connectivity index (χ1v) is 9.07. The molecule has 0 saturated heterocycles. The minimum atomic E-state index is -3.76. The molecular weight excluding hydrogens is 328 g/mol. The molecule has 126 valence electrons. The lowest BCUT2D eigenvalue weighted by atomic mass is 10.1. The quantitative estimate of drug-likeness (QED) is 0.734. The Morgan fingerprint density at radius 1 is 1.29 bits per heavy atom. The highest BCUT2D eigenvalue weighted by atomic mass is 32.2. The topological polar surface area (TPSA) is 96.3 Å². The summed E-state index contributed by atoms with van der Waals surface area (Å²) in [6.45, 7) is 3.65. The largest absolute Gasteiger partial charge is 0.297 e. The van der Waals surface area contributed by atoms with E-state index in [4.69, 9.17) is 0 Å². The number of hydrogen-bond donors (Lipinski definition) is 2. The number of aromatic amines is 1. The Morgan fingerprint density at radius 2 is 2.00 bits per heavy atom. The van der Waals surface area contributed by atoms with Crippen LogP contribution in [-0.2, 0) is 16.4 Å². The van der Waals surface area contributed by atoms with E-state index in [9.17, 15) is 13.2 Å². The van der Waals surface area contributed by atoms with E-state index < -0.39 is 15.6 Å². The molecule has 8 heteroatoms. The minimum absolute atomic E-state index is 0.0403. The smallest absolute Gasteiger partial charge is 0.288 e. The van der Waals surface area contributed by atoms with Crippen molar-refractivity contribution in [3.63, 3.8) is 0 Å². The summed E-state index contributed by atoms with van der Waals surface area (Å²) in [5, 5.41) is 6.32. The van der Waals surface area contributed by atoms with Gasteiger partial charge >= 0.3 is 0 Å². The van der Waals surface area contributed by atoms with E-state index in [-0.39, 0.29) is 16.5 Å². The van der Waals surface area contributed by atoms with Crippen LogP contribution in [-0.4, -0.2) is 23.0 Å². The molecule has 3 aromatic rings. The maximum absolute atomic E-state index is 12.6. The number of H-pyrrole nitrogens is 1. The Labute approximate surface area is 139 Å². The maximum Gasteiger partial charge on any atom is 0.288 e. The first kappa shape index (κ1) is 16.4. The van der Waals surface area contributed by atoms with Gasteiger partial charge in [-0.3, -0.25) is 9.20 Å². The number of nitrogens with zero attached hydrogens (tertiary/aromatic N) is 2. The van der Waals surface area contributed by atoms with Crippen molar-refractivity contribution in [3.8, 4) is 0 Å². The van der Waals surface area contributed by atoms with Gasteiger partial charge < -0.3 is 0 Å². The molecule has 1 atom stereocenters. The lowest BCUT2D eigenvalue weighted by Gasteiger charge is -2.13. The number of fused-ring (bicyclic) bond motifs is 1. The average Bonchev–Trinajstić information content (AvgIpc) is 3.03. The molecule has 0 saturated carbocycles. The molecule has 1 aromatic carbocycles. The van der Waals surface area contributed by atoms with Gasteiger partial charge in [-0.2, -0.15) is 5.10 Å². The van der Waals surface area contributed by atoms with Crippen LogP contribution in [0.2, 0.25) is 0 Å². The fraction of sp³-hybridized carbons (Fsp3) is 0.250. The maximum atomic E-state index is 12.6. The summed E-state index contributed by atoms with van der Waals surface area (Å²) in [4.78, 5) is 11.9. The zero-order chi connectivity index (χ0) is 17.3. The number of benzene rings is 1. The molecule has 2 heterocycles. The van der Waals surface area contributed by atoms with Crippen molar-refractivity contribution in [2.24, 2.45) is 0 Å². The lowest BCUT2D eigenvalue weighted by Crippen LogP contribution is -2.26. The van der Waals surface area contributed by atoms with E-state index in [1.54, 1.807) is 6.92 Å². The predicted molar refractivity (Wildman–Crippen MR) is 90.4 cm³/mol. The zero-order valence-corrected chi connectivity index (χ0v) is 14.2. The SMILES string of the molecule is CCc1n[nH]c(=O)c2cc(S(=O)(=O)N[C@@H](C)c3ccccc3)cn12. The van der Waals surface area contributed by atoms with Crippen molar-refractivity contribution in [2.45, 2.75) is 31.2 Å². The fourth-order valence-corrected chi connectivity index (χ4v) is 3.81. The molecular formula is C16H18N4O3S. The minimum Gasteiger partial charge on any atom is -0.297 e. The molecule has 2 N–H and O–H groups in total. The average molecular weight is 346 g/mol. The summed E-state index contributed by atoms with van der Waals surface area (Å²) in [5.74, 6) is 0.585. The van der Waals surface area contributed by atoms with Crippen molar-refractivity contribution >= 4 is 15.5 Å². The third-order valence-corrected chi connectivity index (χ3v) is 5.36. The van der Waals surface area contributed by atoms with Crippen LogP contribution in [0.5, 0.6) is 0 Å². The van der Waals surface area contributed by atoms with Gasteiger partial charge in [-0.1, -0.05) is 37.3 Å². The number of hydrogen-bond acceptors (Lipinski definition) is 4. The van der Waals surface area contributed by atoms with Crippen LogP contribution in [0.1, 0.15) is 31.3 Å². The first-order valence-electron chi connectivity index (χ1n) is 7.59. The van der Waals surface area contributed by atoms with E-state index in [0.29, 0.717) is 12.2 Å². The normalized spacial score (nSPS) is 13.2. The summed E-state index contributed by atoms with van der Waals surface area (Å²) in [6.07, 6.45) is 1.99. The van der Waals surface area contributed by atoms with Gasteiger partial charge in [0.15, 0.2) is 0 Å². The summed E-state index contributed by atoms with van der Waals surface area (Å²) in [6, 6.07) is 10.3. The number of nitrogens with one attached hydrogen (secondary N) is 2. The second-order valence-corrected chi connectivity index (χ2v) is 7.22. The van der Waals surface area contributed by atoms with Gasteiger partial charge in [0, 0.05) is 18.7 Å². The van der Waals surface area contributed by atoms with Crippen LogP contribution in [0.15, 0.2) is 52.3 Å². The van der Waals surface area contributed by atoms with Crippen molar-refractivity contribution in [3.05, 3.63) is 64.3 Å². The summed E-state index contributed by atoms with van der Waals surface area (Å²) >= 11 is 0. The summed E-state index contributed by atoms with van der Waals surface area (Å²) < 4.78 is 29.4. The molecule has 0 spiro atoms. The molecule has 7 nitrogen and oxygen atoms in total. The van der Waals surface area contributed by atoms with Gasteiger partial charge in [0.25, 0.3) is 5.56 Å². The molecule has 0 amide bonds. The summed E-state index contributed by atoms with van der Waals surface area (Å²) in [7, 11) is -3.76. The van der Waals surface area contributed by atoms with Crippen LogP contribution >= 0.6 is 0 Å². The summed E-state index contributed by atoms with van der Waals surface area (Å²) in [5.41, 5.74) is 0.693. The number of aromatic nitrogens is 3. The van der Waals surface area contributed by atoms with E-state index >= 15 is 0 Å². The second kappa shape index (κ2) is 6.21. The van der Waals surface area contributed by atoms with Crippen LogP contribution in [0, 0.1) is 0 Å². The molecule has 0 unspecified atom stereocenters. The molecule has 0 radical (unpaired) electrons. The Morgan fingerprint density at radius 3 is 2.67 bits per heavy atom. The Hall–Kier alpha value is -2.45. The Balaban J connectivity index is 2.00. The van der Waals surface area contributed by atoms with Crippen LogP contribution in [0.3, 0.4) is 0 Å². The van der Waals surface area contributed by atoms with Gasteiger partial charge in [-0.25, -0.2) is 18.2 Å². The van der Waals surface area contributed by atoms with Gasteiger partial charge in [0.1, 0.15) is 16.2 Å². The highest BCUT2D eigenvalue weighted by Crippen LogP contribution is 2.18. The van der Waals surface area contributed by atoms with Crippen LogP contribution < -0.4 is 10.3 Å². The molecule has 0 bridgehead atoms. The van der Waals surface area contributed by atoms with Gasteiger partial charge in [-0.05, 0) is 18.6 Å². The van der Waals surface area contributed by atoms with Crippen LogP contribution in [0.25, 0.3) is 5.52 Å². The van der Waals surface area contributed by atoms with Crippen molar-refractivity contribution in [1.82, 2.24) is 19.3 Å². The molecule has 24 heavy (non-hydrogen) atoms. The molecule has 0 fully saturated rings. The van der Waals surface area contributed by atoms with E-state index in [1.807, 2.05) is 37.3 Å². The van der Waals surface area contributed by atoms with Crippen molar-refractivity contribution < 1.29 is 8.42 Å². The van der Waals surface area contributed by atoms with Crippen molar-refractivity contribution in [1.29, 1.82) is 0 Å². The molecule has 0 aliphatic carbocycles. The molecule has 0 aliphatic rings. The Kier molecular flexibility index (Phi) is 4.25. The fourth-order valence-electron chi connectivity index (χ4n) is 2.56.